The van der Waals surface area contributed by atoms with Crippen LogP contribution in [-0.2, 0) is 13.2 Å². The number of para-hydroxylation sites is 1. The SMILES string of the molecule is Cn1ncc(Br)c1C(=O)Nc1ccccc1C(F)(F)F. The van der Waals surface area contributed by atoms with Crippen LogP contribution in [0.25, 0.3) is 0 Å². The first-order chi connectivity index (χ1) is 9.30. The molecule has 1 amide bonds. The highest BCUT2D eigenvalue weighted by molar-refractivity contribution is 9.10. The first-order valence-corrected chi connectivity index (χ1v) is 6.25. The molecule has 0 atom stereocenters. The van der Waals surface area contributed by atoms with Crippen LogP contribution in [0.1, 0.15) is 16.1 Å². The van der Waals surface area contributed by atoms with Gasteiger partial charge in [-0.15, -0.1) is 0 Å². The maximum Gasteiger partial charge on any atom is 0.418 e. The quantitative estimate of drug-likeness (QED) is 0.904. The number of nitrogens with zero attached hydrogens (tertiary/aromatic N) is 2. The second-order valence-electron chi connectivity index (χ2n) is 3.96. The van der Waals surface area contributed by atoms with Gasteiger partial charge in [0.05, 0.1) is 21.9 Å². The van der Waals surface area contributed by atoms with Crippen molar-refractivity contribution in [3.63, 3.8) is 0 Å². The first-order valence-electron chi connectivity index (χ1n) is 5.46. The lowest BCUT2D eigenvalue weighted by Crippen LogP contribution is -2.19. The van der Waals surface area contributed by atoms with Crippen LogP contribution in [0.5, 0.6) is 0 Å². The maximum absolute atomic E-state index is 12.8. The molecule has 0 saturated carbocycles. The van der Waals surface area contributed by atoms with Gasteiger partial charge in [-0.3, -0.25) is 9.48 Å². The Labute approximate surface area is 120 Å². The average molecular weight is 348 g/mol. The Morgan fingerprint density at radius 3 is 2.55 bits per heavy atom. The second kappa shape index (κ2) is 5.28. The Morgan fingerprint density at radius 2 is 2.00 bits per heavy atom. The molecule has 8 heteroatoms. The van der Waals surface area contributed by atoms with Gasteiger partial charge in [0, 0.05) is 7.05 Å². The zero-order valence-corrected chi connectivity index (χ0v) is 11.8. The third-order valence-corrected chi connectivity index (χ3v) is 3.17. The van der Waals surface area contributed by atoms with Crippen LogP contribution in [0.2, 0.25) is 0 Å². The first kappa shape index (κ1) is 14.6. The summed E-state index contributed by atoms with van der Waals surface area (Å²) in [6, 6.07) is 4.79. The number of aromatic nitrogens is 2. The number of anilines is 1. The molecule has 1 N–H and O–H groups in total. The van der Waals surface area contributed by atoms with Crippen molar-refractivity contribution in [1.82, 2.24) is 9.78 Å². The Bertz CT molecular complexity index is 632. The van der Waals surface area contributed by atoms with Gasteiger partial charge in [-0.05, 0) is 28.1 Å². The van der Waals surface area contributed by atoms with Crippen LogP contribution in [0.4, 0.5) is 18.9 Å². The highest BCUT2D eigenvalue weighted by Crippen LogP contribution is 2.34. The number of hydrogen-bond donors (Lipinski definition) is 1. The van der Waals surface area contributed by atoms with Crippen LogP contribution in [0.3, 0.4) is 0 Å². The van der Waals surface area contributed by atoms with Crippen LogP contribution in [0, 0.1) is 0 Å². The topological polar surface area (TPSA) is 46.9 Å². The largest absolute Gasteiger partial charge is 0.418 e. The standard InChI is InChI=1S/C12H9BrF3N3O/c1-19-10(8(13)6-17-19)11(20)18-9-5-3-2-4-7(9)12(14,15)16/h2-6H,1H3,(H,18,20). The summed E-state index contributed by atoms with van der Waals surface area (Å²) in [4.78, 5) is 12.0. The van der Waals surface area contributed by atoms with Crippen LogP contribution >= 0.6 is 15.9 Å². The zero-order valence-electron chi connectivity index (χ0n) is 10.2. The highest BCUT2D eigenvalue weighted by Gasteiger charge is 2.33. The number of alkyl halides is 3. The Hall–Kier alpha value is -1.83. The highest BCUT2D eigenvalue weighted by atomic mass is 79.9. The minimum atomic E-state index is -4.53. The number of benzene rings is 1. The fourth-order valence-corrected chi connectivity index (χ4v) is 2.22. The fraction of sp³-hybridized carbons (Fsp3) is 0.167. The molecule has 1 aromatic carbocycles. The normalized spacial score (nSPS) is 11.4. The van der Waals surface area contributed by atoms with Crippen molar-refractivity contribution in [2.45, 2.75) is 6.18 Å². The van der Waals surface area contributed by atoms with E-state index in [1.54, 1.807) is 0 Å². The lowest BCUT2D eigenvalue weighted by atomic mass is 10.1. The fourth-order valence-electron chi connectivity index (χ4n) is 1.69. The van der Waals surface area contributed by atoms with E-state index in [0.717, 1.165) is 6.07 Å². The summed E-state index contributed by atoms with van der Waals surface area (Å²) in [5, 5.41) is 6.09. The number of rotatable bonds is 2. The number of nitrogens with one attached hydrogen (secondary N) is 1. The minimum Gasteiger partial charge on any atom is -0.320 e. The van der Waals surface area contributed by atoms with Gasteiger partial charge in [-0.25, -0.2) is 0 Å². The van der Waals surface area contributed by atoms with Crippen molar-refractivity contribution in [1.29, 1.82) is 0 Å². The molecule has 106 valence electrons. The Morgan fingerprint density at radius 1 is 1.35 bits per heavy atom. The third kappa shape index (κ3) is 2.84. The Kier molecular flexibility index (Phi) is 3.85. The molecule has 0 spiro atoms. The molecule has 0 bridgehead atoms. The molecule has 0 aliphatic carbocycles. The van der Waals surface area contributed by atoms with Gasteiger partial charge in [0.1, 0.15) is 5.69 Å². The minimum absolute atomic E-state index is 0.141. The van der Waals surface area contributed by atoms with Gasteiger partial charge in [0.25, 0.3) is 5.91 Å². The van der Waals surface area contributed by atoms with E-state index in [1.165, 1.54) is 36.1 Å². The van der Waals surface area contributed by atoms with Crippen molar-refractivity contribution >= 4 is 27.5 Å². The number of carbonyl (C=O) groups excluding carboxylic acids is 1. The van der Waals surface area contributed by atoms with E-state index in [1.807, 2.05) is 0 Å². The van der Waals surface area contributed by atoms with Crippen molar-refractivity contribution in [3.05, 3.63) is 46.2 Å². The molecule has 2 aromatic rings. The van der Waals surface area contributed by atoms with Crippen LogP contribution < -0.4 is 5.32 Å². The monoisotopic (exact) mass is 347 g/mol. The maximum atomic E-state index is 12.8. The van der Waals surface area contributed by atoms with Crippen molar-refractivity contribution in [2.24, 2.45) is 7.05 Å². The number of amides is 1. The molecule has 20 heavy (non-hydrogen) atoms. The van der Waals surface area contributed by atoms with E-state index >= 15 is 0 Å². The molecular weight excluding hydrogens is 339 g/mol. The van der Waals surface area contributed by atoms with E-state index in [9.17, 15) is 18.0 Å². The molecule has 0 aliphatic heterocycles. The van der Waals surface area contributed by atoms with Gasteiger partial charge >= 0.3 is 6.18 Å². The third-order valence-electron chi connectivity index (χ3n) is 2.59. The van der Waals surface area contributed by atoms with E-state index in [-0.39, 0.29) is 11.4 Å². The summed E-state index contributed by atoms with van der Waals surface area (Å²) in [5.74, 6) is -0.673. The number of hydrogen-bond acceptors (Lipinski definition) is 2. The molecule has 0 radical (unpaired) electrons. The predicted octanol–water partition coefficient (Wildman–Crippen LogP) is 3.45. The molecule has 0 aliphatic rings. The summed E-state index contributed by atoms with van der Waals surface area (Å²) in [6.07, 6.45) is -3.14. The van der Waals surface area contributed by atoms with Gasteiger partial charge < -0.3 is 5.32 Å². The zero-order chi connectivity index (χ0) is 14.9. The summed E-state index contributed by atoms with van der Waals surface area (Å²) in [5.41, 5.74) is -1.05. The van der Waals surface area contributed by atoms with Crippen molar-refractivity contribution in [3.8, 4) is 0 Å². The van der Waals surface area contributed by atoms with Crippen molar-refractivity contribution in [2.75, 3.05) is 5.32 Å². The van der Waals surface area contributed by atoms with E-state index in [4.69, 9.17) is 0 Å². The molecule has 4 nitrogen and oxygen atoms in total. The number of carbonyl (C=O) groups is 1. The number of halogens is 4. The summed E-state index contributed by atoms with van der Waals surface area (Å²) in [6.45, 7) is 0. The van der Waals surface area contributed by atoms with E-state index < -0.39 is 17.6 Å². The predicted molar refractivity (Wildman–Crippen MR) is 70.3 cm³/mol. The average Bonchev–Trinajstić information content (AvgIpc) is 2.68. The molecule has 0 saturated heterocycles. The van der Waals surface area contributed by atoms with Gasteiger partial charge in [-0.1, -0.05) is 12.1 Å². The summed E-state index contributed by atoms with van der Waals surface area (Å²) >= 11 is 3.12. The smallest absolute Gasteiger partial charge is 0.320 e. The summed E-state index contributed by atoms with van der Waals surface area (Å²) < 4.78 is 40.1. The summed E-state index contributed by atoms with van der Waals surface area (Å²) in [7, 11) is 1.52. The lowest BCUT2D eigenvalue weighted by Gasteiger charge is -2.13. The van der Waals surface area contributed by atoms with Gasteiger partial charge in [-0.2, -0.15) is 18.3 Å². The molecule has 1 aromatic heterocycles. The molecule has 2 rings (SSSR count). The molecule has 0 fully saturated rings. The van der Waals surface area contributed by atoms with E-state index in [2.05, 4.69) is 26.3 Å². The van der Waals surface area contributed by atoms with E-state index in [0.29, 0.717) is 4.47 Å². The van der Waals surface area contributed by atoms with Gasteiger partial charge in [0.15, 0.2) is 0 Å². The van der Waals surface area contributed by atoms with Crippen LogP contribution in [0.15, 0.2) is 34.9 Å². The number of aryl methyl sites for hydroxylation is 1. The molecular formula is C12H9BrF3N3O. The van der Waals surface area contributed by atoms with Crippen LogP contribution in [-0.4, -0.2) is 15.7 Å². The molecule has 1 heterocycles. The van der Waals surface area contributed by atoms with Crippen molar-refractivity contribution < 1.29 is 18.0 Å². The second-order valence-corrected chi connectivity index (χ2v) is 4.82. The Balaban J connectivity index is 2.34. The van der Waals surface area contributed by atoms with Gasteiger partial charge in [0.2, 0.25) is 0 Å². The molecule has 0 unspecified atom stereocenters. The lowest BCUT2D eigenvalue weighted by molar-refractivity contribution is -0.136.